The van der Waals surface area contributed by atoms with Crippen molar-refractivity contribution in [2.45, 2.75) is 90.4 Å². The number of ether oxygens (including phenoxy) is 1. The van der Waals surface area contributed by atoms with Gasteiger partial charge < -0.3 is 14.5 Å². The number of piperidine rings is 1. The number of piperazine rings is 1. The maximum atomic E-state index is 14.1. The first-order valence-electron chi connectivity index (χ1n) is 15.6. The summed E-state index contributed by atoms with van der Waals surface area (Å²) >= 11 is 1.77. The Morgan fingerprint density at radius 2 is 1.79 bits per heavy atom. The SMILES string of the molecule is CC(C)c1ccccc1C1CN(Cc2cccc3sccc23)CC(=O)N1C1CC2(CCN(C(=O)OC(C)(C)C)CC2)C1. The molecule has 3 fully saturated rings. The molecule has 1 unspecified atom stereocenters. The molecule has 7 heteroatoms. The zero-order chi connectivity index (χ0) is 29.6. The Morgan fingerprint density at radius 1 is 1.05 bits per heavy atom. The third-order valence-corrected chi connectivity index (χ3v) is 10.5. The van der Waals surface area contributed by atoms with Crippen LogP contribution in [0.3, 0.4) is 0 Å². The topological polar surface area (TPSA) is 53.1 Å². The van der Waals surface area contributed by atoms with Crippen LogP contribution in [0.1, 0.15) is 89.0 Å². The van der Waals surface area contributed by atoms with Gasteiger partial charge in [-0.05, 0) is 97.4 Å². The van der Waals surface area contributed by atoms with E-state index in [1.54, 1.807) is 11.3 Å². The minimum Gasteiger partial charge on any atom is -0.444 e. The summed E-state index contributed by atoms with van der Waals surface area (Å²) in [5.74, 6) is 0.631. The molecule has 0 radical (unpaired) electrons. The second-order valence-electron chi connectivity index (χ2n) is 14.0. The summed E-state index contributed by atoms with van der Waals surface area (Å²) in [6.45, 7) is 13.8. The lowest BCUT2D eigenvalue weighted by molar-refractivity contribution is -0.153. The van der Waals surface area contributed by atoms with Gasteiger partial charge in [0.1, 0.15) is 5.60 Å². The summed E-state index contributed by atoms with van der Waals surface area (Å²) in [5.41, 5.74) is 3.66. The Labute approximate surface area is 254 Å². The normalized spacial score (nSPS) is 21.8. The molecule has 42 heavy (non-hydrogen) atoms. The van der Waals surface area contributed by atoms with Crippen LogP contribution in [0.5, 0.6) is 0 Å². The number of rotatable bonds is 5. The van der Waals surface area contributed by atoms with Gasteiger partial charge >= 0.3 is 6.09 Å². The molecule has 2 aromatic carbocycles. The van der Waals surface area contributed by atoms with E-state index in [1.165, 1.54) is 26.8 Å². The summed E-state index contributed by atoms with van der Waals surface area (Å²) in [7, 11) is 0. The van der Waals surface area contributed by atoms with Gasteiger partial charge in [0.15, 0.2) is 0 Å². The van der Waals surface area contributed by atoms with E-state index in [0.717, 1.165) is 51.9 Å². The summed E-state index contributed by atoms with van der Waals surface area (Å²) in [6, 6.07) is 17.8. The summed E-state index contributed by atoms with van der Waals surface area (Å²) in [5, 5.41) is 3.46. The highest BCUT2D eigenvalue weighted by Gasteiger charge is 2.52. The van der Waals surface area contributed by atoms with Crippen molar-refractivity contribution in [3.63, 3.8) is 0 Å². The molecule has 1 atom stereocenters. The molecule has 2 amide bonds. The van der Waals surface area contributed by atoms with Gasteiger partial charge in [0.25, 0.3) is 0 Å². The standard InChI is InChI=1S/C35H45N3O3S/c1-24(2)27-10-6-7-11-29(27)30-22-36(21-25-9-8-12-31-28(25)13-18-42-31)23-32(39)38(30)26-19-35(20-26)14-16-37(17-15-35)33(40)41-34(3,4)5/h6-13,18,24,26,30H,14-17,19-23H2,1-5H3. The van der Waals surface area contributed by atoms with E-state index >= 15 is 0 Å². The molecule has 224 valence electrons. The molecule has 0 N–H and O–H groups in total. The maximum absolute atomic E-state index is 14.1. The Balaban J connectivity index is 1.20. The number of likely N-dealkylation sites (tertiary alicyclic amines) is 1. The zero-order valence-electron chi connectivity index (χ0n) is 25.8. The Bertz CT molecular complexity index is 1440. The molecular formula is C35H45N3O3S. The number of benzene rings is 2. The van der Waals surface area contributed by atoms with Crippen LogP contribution in [-0.2, 0) is 16.1 Å². The predicted octanol–water partition coefficient (Wildman–Crippen LogP) is 7.59. The number of carbonyl (C=O) groups is 2. The van der Waals surface area contributed by atoms with Gasteiger partial charge in [-0.25, -0.2) is 4.79 Å². The van der Waals surface area contributed by atoms with E-state index < -0.39 is 5.60 Å². The first-order valence-corrected chi connectivity index (χ1v) is 16.5. The van der Waals surface area contributed by atoms with Crippen LogP contribution in [0.2, 0.25) is 0 Å². The summed E-state index contributed by atoms with van der Waals surface area (Å²) in [6.07, 6.45) is 3.80. The molecule has 3 aliphatic rings. The summed E-state index contributed by atoms with van der Waals surface area (Å²) in [4.78, 5) is 33.2. The largest absolute Gasteiger partial charge is 0.444 e. The predicted molar refractivity (Wildman–Crippen MR) is 170 cm³/mol. The molecule has 0 bridgehead atoms. The molecule has 2 saturated heterocycles. The number of hydrogen-bond donors (Lipinski definition) is 0. The zero-order valence-corrected chi connectivity index (χ0v) is 26.6. The van der Waals surface area contributed by atoms with Gasteiger partial charge in [-0.3, -0.25) is 9.69 Å². The third-order valence-electron chi connectivity index (χ3n) is 9.58. The average Bonchev–Trinajstić information content (AvgIpc) is 3.41. The molecule has 6 nitrogen and oxygen atoms in total. The molecule has 1 spiro atoms. The molecule has 2 aliphatic heterocycles. The lowest BCUT2D eigenvalue weighted by Gasteiger charge is -2.58. The van der Waals surface area contributed by atoms with Crippen LogP contribution >= 0.6 is 11.3 Å². The fourth-order valence-electron chi connectivity index (χ4n) is 7.48. The average molecular weight is 588 g/mol. The van der Waals surface area contributed by atoms with E-state index in [1.807, 2.05) is 25.7 Å². The molecule has 1 aliphatic carbocycles. The number of nitrogens with zero attached hydrogens (tertiary/aromatic N) is 3. The Kier molecular flexibility index (Phi) is 7.86. The molecule has 3 aromatic rings. The van der Waals surface area contributed by atoms with Crippen LogP contribution in [0.25, 0.3) is 10.1 Å². The van der Waals surface area contributed by atoms with Gasteiger partial charge in [-0.2, -0.15) is 0 Å². The second kappa shape index (κ2) is 11.3. The van der Waals surface area contributed by atoms with Crippen molar-refractivity contribution >= 4 is 33.4 Å². The number of fused-ring (bicyclic) bond motifs is 1. The van der Waals surface area contributed by atoms with E-state index in [-0.39, 0.29) is 29.5 Å². The van der Waals surface area contributed by atoms with Gasteiger partial charge in [-0.15, -0.1) is 11.3 Å². The highest BCUT2D eigenvalue weighted by atomic mass is 32.1. The van der Waals surface area contributed by atoms with E-state index in [4.69, 9.17) is 4.74 Å². The highest BCUT2D eigenvalue weighted by Crippen LogP contribution is 2.53. The number of carbonyl (C=O) groups excluding carboxylic acids is 2. The minimum atomic E-state index is -0.478. The van der Waals surface area contributed by atoms with Crippen molar-refractivity contribution in [1.82, 2.24) is 14.7 Å². The Hall–Kier alpha value is -2.90. The van der Waals surface area contributed by atoms with E-state index in [0.29, 0.717) is 12.5 Å². The van der Waals surface area contributed by atoms with Crippen molar-refractivity contribution in [3.05, 3.63) is 70.6 Å². The second-order valence-corrected chi connectivity index (χ2v) is 15.0. The highest BCUT2D eigenvalue weighted by molar-refractivity contribution is 7.17. The van der Waals surface area contributed by atoms with Crippen LogP contribution in [-0.4, -0.2) is 64.5 Å². The van der Waals surface area contributed by atoms with Crippen LogP contribution in [0.15, 0.2) is 53.9 Å². The third kappa shape index (κ3) is 5.83. The first-order chi connectivity index (χ1) is 20.0. The van der Waals surface area contributed by atoms with Gasteiger partial charge in [0.2, 0.25) is 5.91 Å². The van der Waals surface area contributed by atoms with E-state index in [2.05, 4.69) is 77.6 Å². The monoisotopic (exact) mass is 587 g/mol. The van der Waals surface area contributed by atoms with Crippen molar-refractivity contribution in [2.24, 2.45) is 5.41 Å². The van der Waals surface area contributed by atoms with Crippen molar-refractivity contribution in [1.29, 1.82) is 0 Å². The number of amides is 2. The van der Waals surface area contributed by atoms with Crippen LogP contribution < -0.4 is 0 Å². The smallest absolute Gasteiger partial charge is 0.410 e. The maximum Gasteiger partial charge on any atom is 0.410 e. The van der Waals surface area contributed by atoms with Crippen LogP contribution in [0.4, 0.5) is 4.79 Å². The lowest BCUT2D eigenvalue weighted by atomic mass is 9.59. The van der Waals surface area contributed by atoms with E-state index in [9.17, 15) is 9.59 Å². The lowest BCUT2D eigenvalue weighted by Crippen LogP contribution is -2.62. The fourth-order valence-corrected chi connectivity index (χ4v) is 8.32. The molecule has 1 saturated carbocycles. The fraction of sp³-hybridized carbons (Fsp3) is 0.543. The molecule has 1 aromatic heterocycles. The van der Waals surface area contributed by atoms with Gasteiger partial charge in [0, 0.05) is 36.9 Å². The van der Waals surface area contributed by atoms with Gasteiger partial charge in [-0.1, -0.05) is 50.2 Å². The molecule has 3 heterocycles. The van der Waals surface area contributed by atoms with Gasteiger partial charge in [0.05, 0.1) is 12.6 Å². The summed E-state index contributed by atoms with van der Waals surface area (Å²) < 4.78 is 6.92. The number of hydrogen-bond acceptors (Lipinski definition) is 5. The van der Waals surface area contributed by atoms with Crippen molar-refractivity contribution in [3.8, 4) is 0 Å². The van der Waals surface area contributed by atoms with Crippen LogP contribution in [0, 0.1) is 5.41 Å². The van der Waals surface area contributed by atoms with Crippen molar-refractivity contribution in [2.75, 3.05) is 26.2 Å². The minimum absolute atomic E-state index is 0.0377. The first kappa shape index (κ1) is 29.2. The van der Waals surface area contributed by atoms with Crippen molar-refractivity contribution < 1.29 is 14.3 Å². The number of thiophene rings is 1. The Morgan fingerprint density at radius 3 is 2.50 bits per heavy atom. The quantitative estimate of drug-likeness (QED) is 0.309. The molecule has 6 rings (SSSR count). The molecular weight excluding hydrogens is 542 g/mol.